The summed E-state index contributed by atoms with van der Waals surface area (Å²) in [6.45, 7) is 0.262. The van der Waals surface area contributed by atoms with Gasteiger partial charge in [0.15, 0.2) is 0 Å². The molecule has 0 unspecified atom stereocenters. The van der Waals surface area contributed by atoms with Crippen molar-refractivity contribution in [3.63, 3.8) is 0 Å². The number of quaternary nitrogens is 1. The molecule has 3 aromatic rings. The zero-order chi connectivity index (χ0) is 24.7. The third-order valence-electron chi connectivity index (χ3n) is 5.04. The lowest BCUT2D eigenvalue weighted by Crippen LogP contribution is -2.83. The lowest BCUT2D eigenvalue weighted by molar-refractivity contribution is -0.443. The monoisotopic (exact) mass is 462 g/mol. The molecular weight excluding hydrogens is 437 g/mol. The molecule has 0 heterocycles. The maximum absolute atomic E-state index is 13.1. The standard InChI is InChI=1S/C25H24FN5O3/c1-34-20-5-3-2-4-19(20)25(33)30-14-15-6-8-16(9-7-15)22(27)21(24(29)32)23(28)31-18-12-10-17(26)11-13-18/h2-13H,14,27H2,1H3,(H2,28,31)(H2,29,32)(H,30,33)/p+1. The van der Waals surface area contributed by atoms with Gasteiger partial charge in [-0.1, -0.05) is 36.4 Å². The van der Waals surface area contributed by atoms with Crippen molar-refractivity contribution in [2.24, 2.45) is 11.5 Å². The largest absolute Gasteiger partial charge is 0.496 e. The van der Waals surface area contributed by atoms with Crippen molar-refractivity contribution in [1.82, 2.24) is 5.32 Å². The molecule has 0 aliphatic rings. The summed E-state index contributed by atoms with van der Waals surface area (Å²) in [5.74, 6) is -1.25. The molecule has 0 fully saturated rings. The highest BCUT2D eigenvalue weighted by Crippen LogP contribution is 2.18. The molecule has 9 heteroatoms. The molecule has 0 atom stereocenters. The Morgan fingerprint density at radius 2 is 1.65 bits per heavy atom. The highest BCUT2D eigenvalue weighted by molar-refractivity contribution is 6.21. The molecule has 2 amide bonds. The van der Waals surface area contributed by atoms with E-state index in [0.29, 0.717) is 22.6 Å². The molecule has 0 bridgehead atoms. The van der Waals surface area contributed by atoms with Gasteiger partial charge in [0.25, 0.3) is 11.8 Å². The highest BCUT2D eigenvalue weighted by Gasteiger charge is 2.22. The van der Waals surface area contributed by atoms with E-state index in [0.717, 1.165) is 5.56 Å². The normalized spacial score (nSPS) is 11.4. The second-order valence-corrected chi connectivity index (χ2v) is 7.34. The molecule has 34 heavy (non-hydrogen) atoms. The lowest BCUT2D eigenvalue weighted by atomic mass is 10.0. The zero-order valence-corrected chi connectivity index (χ0v) is 18.5. The summed E-state index contributed by atoms with van der Waals surface area (Å²) in [6, 6.07) is 19.2. The molecule has 174 valence electrons. The minimum Gasteiger partial charge on any atom is -0.496 e. The van der Waals surface area contributed by atoms with Gasteiger partial charge in [0, 0.05) is 18.7 Å². The van der Waals surface area contributed by atoms with Gasteiger partial charge in [0.2, 0.25) is 5.84 Å². The van der Waals surface area contributed by atoms with Crippen LogP contribution in [0.5, 0.6) is 5.75 Å². The van der Waals surface area contributed by atoms with Crippen LogP contribution < -0.4 is 26.8 Å². The Hall–Kier alpha value is -4.50. The Balaban J connectivity index is 1.73. The third kappa shape index (κ3) is 5.84. The Labute approximate surface area is 195 Å². The second kappa shape index (κ2) is 10.9. The minimum absolute atomic E-state index is 0.0421. The quantitative estimate of drug-likeness (QED) is 0.150. The number of amidine groups is 1. The number of hydrogen-bond acceptors (Lipinski definition) is 5. The fraction of sp³-hybridized carbons (Fsp3) is 0.0800. The number of hydrogen-bond donors (Lipinski definition) is 5. The number of nitrogens with one attached hydrogen (secondary N) is 2. The summed E-state index contributed by atoms with van der Waals surface area (Å²) in [5.41, 5.74) is 13.8. The maximum Gasteiger partial charge on any atom is 0.258 e. The predicted octanol–water partition coefficient (Wildman–Crippen LogP) is 1.79. The van der Waals surface area contributed by atoms with Crippen LogP contribution in [0, 0.1) is 11.2 Å². The molecule has 0 aliphatic heterocycles. The first-order valence-electron chi connectivity index (χ1n) is 10.3. The van der Waals surface area contributed by atoms with E-state index in [4.69, 9.17) is 21.6 Å². The van der Waals surface area contributed by atoms with E-state index < -0.39 is 11.7 Å². The number of amides is 2. The SMILES string of the molecule is COc1ccccc1C(=O)NCc1ccc(C(N)=C(C(=N)[NH2+]c2ccc(F)cc2)C(N)=O)cc1. The van der Waals surface area contributed by atoms with Crippen molar-refractivity contribution in [3.8, 4) is 5.75 Å². The van der Waals surface area contributed by atoms with Crippen LogP contribution in [0.15, 0.2) is 78.4 Å². The smallest absolute Gasteiger partial charge is 0.258 e. The number of rotatable bonds is 8. The van der Waals surface area contributed by atoms with Crippen LogP contribution in [0.25, 0.3) is 5.70 Å². The van der Waals surface area contributed by atoms with Crippen LogP contribution in [0.2, 0.25) is 0 Å². The average molecular weight is 463 g/mol. The number of carbonyl (C=O) groups is 2. The third-order valence-corrected chi connectivity index (χ3v) is 5.04. The molecule has 0 saturated carbocycles. The molecule has 3 aromatic carbocycles. The lowest BCUT2D eigenvalue weighted by Gasteiger charge is -2.11. The summed E-state index contributed by atoms with van der Waals surface area (Å²) < 4.78 is 18.3. The summed E-state index contributed by atoms with van der Waals surface area (Å²) in [4.78, 5) is 24.5. The number of carbonyl (C=O) groups excluding carboxylic acids is 2. The van der Waals surface area contributed by atoms with Gasteiger partial charge in [0.05, 0.1) is 18.4 Å². The molecule has 0 spiro atoms. The fourth-order valence-electron chi connectivity index (χ4n) is 3.26. The van der Waals surface area contributed by atoms with Gasteiger partial charge in [0.1, 0.15) is 22.8 Å². The number of para-hydroxylation sites is 1. The number of nitrogens with two attached hydrogens (primary N) is 3. The van der Waals surface area contributed by atoms with E-state index in [1.54, 1.807) is 48.5 Å². The molecule has 3 rings (SSSR count). The van der Waals surface area contributed by atoms with Crippen molar-refractivity contribution in [2.75, 3.05) is 7.11 Å². The Morgan fingerprint density at radius 1 is 1.00 bits per heavy atom. The topological polar surface area (TPSA) is 148 Å². The van der Waals surface area contributed by atoms with Gasteiger partial charge in [-0.05, 0) is 35.4 Å². The Morgan fingerprint density at radius 3 is 2.26 bits per heavy atom. The maximum atomic E-state index is 13.1. The van der Waals surface area contributed by atoms with Crippen LogP contribution in [-0.2, 0) is 11.3 Å². The number of benzene rings is 3. The van der Waals surface area contributed by atoms with Crippen LogP contribution in [0.1, 0.15) is 21.5 Å². The summed E-state index contributed by atoms with van der Waals surface area (Å²) in [7, 11) is 1.50. The Bertz CT molecular complexity index is 1240. The van der Waals surface area contributed by atoms with Gasteiger partial charge >= 0.3 is 0 Å². The highest BCUT2D eigenvalue weighted by atomic mass is 19.1. The summed E-state index contributed by atoms with van der Waals surface area (Å²) >= 11 is 0. The van der Waals surface area contributed by atoms with Gasteiger partial charge < -0.3 is 21.5 Å². The molecule has 0 aromatic heterocycles. The fourth-order valence-corrected chi connectivity index (χ4v) is 3.26. The van der Waals surface area contributed by atoms with Crippen molar-refractivity contribution >= 4 is 29.0 Å². The van der Waals surface area contributed by atoms with Crippen LogP contribution in [0.4, 0.5) is 10.1 Å². The van der Waals surface area contributed by atoms with Crippen molar-refractivity contribution in [2.45, 2.75) is 6.54 Å². The van der Waals surface area contributed by atoms with Crippen LogP contribution in [0.3, 0.4) is 0 Å². The molecular formula is C25H25FN5O3+. The molecule has 8 nitrogen and oxygen atoms in total. The van der Waals surface area contributed by atoms with Gasteiger partial charge in [-0.15, -0.1) is 0 Å². The van der Waals surface area contributed by atoms with Gasteiger partial charge in [-0.3, -0.25) is 14.9 Å². The van der Waals surface area contributed by atoms with Gasteiger partial charge in [-0.2, -0.15) is 0 Å². The second-order valence-electron chi connectivity index (χ2n) is 7.34. The summed E-state index contributed by atoms with van der Waals surface area (Å²) in [6.07, 6.45) is 0. The first-order chi connectivity index (χ1) is 16.3. The Kier molecular flexibility index (Phi) is 7.73. The predicted molar refractivity (Wildman–Crippen MR) is 127 cm³/mol. The van der Waals surface area contributed by atoms with Crippen molar-refractivity contribution in [3.05, 3.63) is 101 Å². The van der Waals surface area contributed by atoms with E-state index in [9.17, 15) is 14.0 Å². The van der Waals surface area contributed by atoms with E-state index >= 15 is 0 Å². The van der Waals surface area contributed by atoms with Crippen LogP contribution in [-0.4, -0.2) is 24.8 Å². The van der Waals surface area contributed by atoms with E-state index in [1.165, 1.54) is 36.7 Å². The van der Waals surface area contributed by atoms with Crippen molar-refractivity contribution in [1.29, 1.82) is 5.41 Å². The number of ether oxygens (including phenoxy) is 1. The molecule has 0 saturated heterocycles. The number of methoxy groups -OCH3 is 1. The van der Waals surface area contributed by atoms with E-state index in [-0.39, 0.29) is 29.6 Å². The first kappa shape index (κ1) is 24.1. The summed E-state index contributed by atoms with van der Waals surface area (Å²) in [5, 5.41) is 12.5. The number of primary amides is 1. The van der Waals surface area contributed by atoms with Gasteiger partial charge in [-0.25, -0.2) is 9.80 Å². The molecule has 0 aliphatic carbocycles. The molecule has 8 N–H and O–H groups in total. The molecule has 0 radical (unpaired) electrons. The number of halogens is 1. The minimum atomic E-state index is -0.853. The van der Waals surface area contributed by atoms with E-state index in [2.05, 4.69) is 5.32 Å². The first-order valence-corrected chi connectivity index (χ1v) is 10.3. The van der Waals surface area contributed by atoms with Crippen LogP contribution >= 0.6 is 0 Å². The van der Waals surface area contributed by atoms with Crippen molar-refractivity contribution < 1.29 is 24.0 Å². The van der Waals surface area contributed by atoms with E-state index in [1.807, 2.05) is 0 Å². The zero-order valence-electron chi connectivity index (χ0n) is 18.5. The average Bonchev–Trinajstić information content (AvgIpc) is 2.84.